The van der Waals surface area contributed by atoms with E-state index in [0.29, 0.717) is 12.8 Å². The molecule has 0 unspecified atom stereocenters. The van der Waals surface area contributed by atoms with Crippen LogP contribution < -0.4 is 31.8 Å². The highest BCUT2D eigenvalue weighted by molar-refractivity contribution is 5.76. The number of aliphatic hydroxyl groups excluding tert-OH is 2. The molecule has 1 heterocycles. The lowest BCUT2D eigenvalue weighted by molar-refractivity contribution is -0.697. The van der Waals surface area contributed by atoms with E-state index in [-0.39, 0.29) is 29.5 Å². The van der Waals surface area contributed by atoms with Crippen molar-refractivity contribution in [2.24, 2.45) is 0 Å². The van der Waals surface area contributed by atoms with E-state index in [1.54, 1.807) is 0 Å². The average molecular weight is 703 g/mol. The highest BCUT2D eigenvalue weighted by atomic mass is 79.9. The van der Waals surface area contributed by atoms with E-state index >= 15 is 0 Å². The summed E-state index contributed by atoms with van der Waals surface area (Å²) in [6, 6.07) is 12.2. The van der Waals surface area contributed by atoms with Crippen LogP contribution >= 0.6 is 0 Å². The van der Waals surface area contributed by atoms with Crippen LogP contribution in [0.4, 0.5) is 5.69 Å². The van der Waals surface area contributed by atoms with Crippen molar-refractivity contribution in [2.75, 3.05) is 25.6 Å². The van der Waals surface area contributed by atoms with Gasteiger partial charge in [0.05, 0.1) is 18.8 Å². The molecule has 0 saturated heterocycles. The molecule has 46 heavy (non-hydrogen) atoms. The van der Waals surface area contributed by atoms with Gasteiger partial charge in [-0.1, -0.05) is 115 Å². The van der Waals surface area contributed by atoms with Gasteiger partial charge in [-0.2, -0.15) is 0 Å². The summed E-state index contributed by atoms with van der Waals surface area (Å²) in [5.41, 5.74) is 3.53. The average Bonchev–Trinajstić information content (AvgIpc) is 3.05. The highest BCUT2D eigenvalue weighted by Gasteiger charge is 2.20. The largest absolute Gasteiger partial charge is 1.00 e. The lowest BCUT2D eigenvalue weighted by Crippen LogP contribution is -3.00. The number of benzene rings is 1. The standard InChI is InChI=1S/C39H63N3O3.BrH/c1-4-5-6-7-8-9-10-11-12-13-14-15-17-20-38(44)37(33-43)40-39(45)21-18-16-19-30-42-31-28-35(29-32-42)23-22-34-24-26-36(27-25-34)41(2)3;/h22-29,31-32,37-38,43-44H,4-21,30,33H2,1-3H3;1H/t37-,38+;/m0./s1. The van der Waals surface area contributed by atoms with Gasteiger partial charge in [-0.3, -0.25) is 4.79 Å². The summed E-state index contributed by atoms with van der Waals surface area (Å²) < 4.78 is 2.18. The number of halogens is 1. The number of aryl methyl sites for hydroxylation is 1. The predicted octanol–water partition coefficient (Wildman–Crippen LogP) is 5.09. The fourth-order valence-electron chi connectivity index (χ4n) is 5.68. The number of hydrogen-bond donors (Lipinski definition) is 3. The number of carbonyl (C=O) groups excluding carboxylic acids is 1. The highest BCUT2D eigenvalue weighted by Crippen LogP contribution is 2.16. The molecule has 260 valence electrons. The number of nitrogens with one attached hydrogen (secondary N) is 1. The number of unbranched alkanes of at least 4 members (excludes halogenated alkanes) is 14. The Bertz CT molecular complexity index is 1040. The van der Waals surface area contributed by atoms with Gasteiger partial charge >= 0.3 is 0 Å². The maximum Gasteiger partial charge on any atom is 0.220 e. The molecule has 0 radical (unpaired) electrons. The first-order valence-corrected chi connectivity index (χ1v) is 18.0. The minimum absolute atomic E-state index is 0. The maximum atomic E-state index is 12.4. The molecule has 0 saturated carbocycles. The summed E-state index contributed by atoms with van der Waals surface area (Å²) in [5, 5.41) is 23.1. The third-order valence-electron chi connectivity index (χ3n) is 8.73. The van der Waals surface area contributed by atoms with Gasteiger partial charge in [0.15, 0.2) is 12.4 Å². The summed E-state index contributed by atoms with van der Waals surface area (Å²) in [6.07, 6.45) is 28.3. The van der Waals surface area contributed by atoms with E-state index < -0.39 is 12.1 Å². The minimum atomic E-state index is -0.690. The Hall–Kier alpha value is -2.22. The number of rotatable bonds is 26. The molecule has 0 fully saturated rings. The predicted molar refractivity (Wildman–Crippen MR) is 190 cm³/mol. The molecule has 6 nitrogen and oxygen atoms in total. The number of amides is 1. The molecule has 1 amide bonds. The van der Waals surface area contributed by atoms with E-state index in [1.165, 1.54) is 81.9 Å². The van der Waals surface area contributed by atoms with E-state index in [9.17, 15) is 15.0 Å². The van der Waals surface area contributed by atoms with E-state index in [2.05, 4.69) is 82.7 Å². The number of anilines is 1. The summed E-state index contributed by atoms with van der Waals surface area (Å²) >= 11 is 0. The van der Waals surface area contributed by atoms with Gasteiger partial charge in [0.2, 0.25) is 5.91 Å². The third-order valence-corrected chi connectivity index (χ3v) is 8.73. The molecule has 7 heteroatoms. The van der Waals surface area contributed by atoms with E-state index in [0.717, 1.165) is 44.2 Å². The Morgan fingerprint density at radius 2 is 1.26 bits per heavy atom. The van der Waals surface area contributed by atoms with Crippen LogP contribution in [0.2, 0.25) is 0 Å². The van der Waals surface area contributed by atoms with Gasteiger partial charge in [-0.25, -0.2) is 4.57 Å². The van der Waals surface area contributed by atoms with Crippen molar-refractivity contribution in [3.8, 4) is 0 Å². The lowest BCUT2D eigenvalue weighted by Gasteiger charge is -2.22. The first kappa shape index (κ1) is 41.8. The normalized spacial score (nSPS) is 12.5. The maximum absolute atomic E-state index is 12.4. The molecular formula is C39H64BrN3O3. The van der Waals surface area contributed by atoms with Gasteiger partial charge in [0, 0.05) is 44.8 Å². The molecule has 0 aliphatic carbocycles. The van der Waals surface area contributed by atoms with Crippen LogP contribution in [0.3, 0.4) is 0 Å². The van der Waals surface area contributed by atoms with Crippen molar-refractivity contribution in [3.63, 3.8) is 0 Å². The quantitative estimate of drug-likeness (QED) is 0.0944. The monoisotopic (exact) mass is 701 g/mol. The van der Waals surface area contributed by atoms with Crippen LogP contribution in [0.25, 0.3) is 12.2 Å². The van der Waals surface area contributed by atoms with Gasteiger partial charge in [-0.15, -0.1) is 0 Å². The van der Waals surface area contributed by atoms with Gasteiger partial charge in [-0.05, 0) is 42.5 Å². The SMILES string of the molecule is CCCCCCCCCCCCCCC[C@@H](O)[C@H](CO)NC(=O)CCCCC[n+]1ccc(/C=C/c2ccc(N(C)C)cc2)cc1.[Br-]. The summed E-state index contributed by atoms with van der Waals surface area (Å²) in [7, 11) is 4.09. The van der Waals surface area contributed by atoms with Gasteiger partial charge in [0.1, 0.15) is 6.54 Å². The first-order valence-electron chi connectivity index (χ1n) is 18.0. The number of pyridine rings is 1. The summed E-state index contributed by atoms with van der Waals surface area (Å²) in [4.78, 5) is 14.5. The summed E-state index contributed by atoms with van der Waals surface area (Å²) in [5.74, 6) is -0.0846. The molecule has 2 rings (SSSR count). The van der Waals surface area contributed by atoms with Crippen LogP contribution in [0.5, 0.6) is 0 Å². The molecule has 2 aromatic rings. The Kier molecular flexibility index (Phi) is 24.4. The Morgan fingerprint density at radius 1 is 0.761 bits per heavy atom. The molecule has 0 spiro atoms. The fourth-order valence-corrected chi connectivity index (χ4v) is 5.68. The number of nitrogens with zero attached hydrogens (tertiary/aromatic N) is 2. The molecular weight excluding hydrogens is 638 g/mol. The zero-order valence-corrected chi connectivity index (χ0v) is 30.7. The minimum Gasteiger partial charge on any atom is -1.00 e. The van der Waals surface area contributed by atoms with Crippen LogP contribution in [-0.4, -0.2) is 49.0 Å². The van der Waals surface area contributed by atoms with Crippen molar-refractivity contribution in [1.29, 1.82) is 0 Å². The molecule has 0 aliphatic rings. The van der Waals surface area contributed by atoms with Crippen LogP contribution in [0.1, 0.15) is 134 Å². The van der Waals surface area contributed by atoms with Crippen molar-refractivity contribution in [2.45, 2.75) is 141 Å². The van der Waals surface area contributed by atoms with Crippen molar-refractivity contribution >= 4 is 23.7 Å². The second-order valence-corrected chi connectivity index (χ2v) is 13.0. The molecule has 2 atom stereocenters. The second kappa shape index (κ2) is 26.8. The fraction of sp³-hybridized carbons (Fsp3) is 0.641. The van der Waals surface area contributed by atoms with Gasteiger partial charge < -0.3 is 37.4 Å². The third kappa shape index (κ3) is 19.4. The smallest absolute Gasteiger partial charge is 0.220 e. The Labute approximate surface area is 291 Å². The second-order valence-electron chi connectivity index (χ2n) is 13.0. The molecule has 0 bridgehead atoms. The molecule has 0 aliphatic heterocycles. The van der Waals surface area contributed by atoms with E-state index in [1.807, 2.05) is 14.1 Å². The lowest BCUT2D eigenvalue weighted by atomic mass is 10.0. The van der Waals surface area contributed by atoms with Crippen molar-refractivity contribution in [3.05, 3.63) is 59.9 Å². The number of aromatic nitrogens is 1. The Morgan fingerprint density at radius 3 is 1.78 bits per heavy atom. The first-order chi connectivity index (χ1) is 21.9. The van der Waals surface area contributed by atoms with Crippen LogP contribution in [-0.2, 0) is 11.3 Å². The van der Waals surface area contributed by atoms with Crippen molar-refractivity contribution in [1.82, 2.24) is 5.32 Å². The zero-order chi connectivity index (χ0) is 32.5. The van der Waals surface area contributed by atoms with E-state index in [4.69, 9.17) is 0 Å². The van der Waals surface area contributed by atoms with Crippen molar-refractivity contribution < 1.29 is 36.6 Å². The Balaban J connectivity index is 0.0000106. The summed E-state index contributed by atoms with van der Waals surface area (Å²) in [6.45, 7) is 2.95. The molecule has 1 aromatic heterocycles. The zero-order valence-electron chi connectivity index (χ0n) is 29.1. The van der Waals surface area contributed by atoms with Crippen LogP contribution in [0.15, 0.2) is 48.8 Å². The van der Waals surface area contributed by atoms with Gasteiger partial charge in [0.25, 0.3) is 0 Å². The number of hydrogen-bond acceptors (Lipinski definition) is 4. The number of aliphatic hydroxyl groups is 2. The topological polar surface area (TPSA) is 76.7 Å². The molecule has 1 aromatic carbocycles. The molecule has 3 N–H and O–H groups in total. The number of carbonyl (C=O) groups is 1. The van der Waals surface area contributed by atoms with Crippen LogP contribution in [0, 0.1) is 0 Å².